The molecule has 17 heavy (non-hydrogen) atoms. The molecule has 2 N–H and O–H groups in total. The normalized spacial score (nSPS) is 14.5. The Bertz CT molecular complexity index is 468. The van der Waals surface area contributed by atoms with Crippen LogP contribution in [0.4, 0.5) is 0 Å². The van der Waals surface area contributed by atoms with Crippen molar-refractivity contribution in [3.63, 3.8) is 0 Å². The van der Waals surface area contributed by atoms with Crippen LogP contribution < -0.4 is 5.73 Å². The molecule has 0 spiro atoms. The van der Waals surface area contributed by atoms with Crippen LogP contribution in [-0.2, 0) is 0 Å². The Morgan fingerprint density at radius 1 is 1.35 bits per heavy atom. The smallest absolute Gasteiger partial charge is 0.116 e. The molecule has 2 atom stereocenters. The molecule has 0 aliphatic carbocycles. The molecular weight excluding hydrogens is 250 g/mol. The van der Waals surface area contributed by atoms with E-state index in [4.69, 9.17) is 5.73 Å². The summed E-state index contributed by atoms with van der Waals surface area (Å²) in [4.78, 5) is 10.8. The van der Waals surface area contributed by atoms with Crippen LogP contribution in [0.25, 0.3) is 0 Å². The van der Waals surface area contributed by atoms with E-state index < -0.39 is 0 Å². The molecule has 2 aromatic heterocycles. The van der Waals surface area contributed by atoms with Crippen molar-refractivity contribution in [2.24, 2.45) is 5.73 Å². The zero-order valence-electron chi connectivity index (χ0n) is 9.83. The number of aromatic nitrogens is 2. The van der Waals surface area contributed by atoms with E-state index in [-0.39, 0.29) is 11.3 Å². The molecule has 90 valence electrons. The highest BCUT2D eigenvalue weighted by molar-refractivity contribution is 7.99. The zero-order valence-corrected chi connectivity index (χ0v) is 11.5. The molecule has 0 amide bonds. The fourth-order valence-corrected chi connectivity index (χ4v) is 3.69. The van der Waals surface area contributed by atoms with Crippen molar-refractivity contribution in [3.8, 4) is 0 Å². The van der Waals surface area contributed by atoms with Crippen LogP contribution in [0.1, 0.15) is 21.9 Å². The Morgan fingerprint density at radius 3 is 2.71 bits per heavy atom. The first kappa shape index (κ1) is 12.5. The second-order valence-electron chi connectivity index (χ2n) is 3.89. The Labute approximate surface area is 109 Å². The van der Waals surface area contributed by atoms with Gasteiger partial charge in [-0.2, -0.15) is 0 Å². The SMILES string of the molecule is Cc1ccc(C(Sc2ccncn2)C(C)N)s1. The van der Waals surface area contributed by atoms with Crippen LogP contribution in [0.15, 0.2) is 35.7 Å². The van der Waals surface area contributed by atoms with Crippen LogP contribution >= 0.6 is 23.1 Å². The third-order valence-electron chi connectivity index (χ3n) is 2.32. The van der Waals surface area contributed by atoms with Gasteiger partial charge in [-0.3, -0.25) is 0 Å². The summed E-state index contributed by atoms with van der Waals surface area (Å²) >= 11 is 3.50. The molecule has 0 aliphatic heterocycles. The van der Waals surface area contributed by atoms with E-state index >= 15 is 0 Å². The summed E-state index contributed by atoms with van der Waals surface area (Å²) in [5, 5.41) is 1.22. The van der Waals surface area contributed by atoms with Gasteiger partial charge in [0.1, 0.15) is 11.4 Å². The third kappa shape index (κ3) is 3.28. The zero-order chi connectivity index (χ0) is 12.3. The van der Waals surface area contributed by atoms with E-state index in [2.05, 4.69) is 29.0 Å². The van der Waals surface area contributed by atoms with E-state index in [9.17, 15) is 0 Å². The van der Waals surface area contributed by atoms with Crippen molar-refractivity contribution < 1.29 is 0 Å². The largest absolute Gasteiger partial charge is 0.327 e. The van der Waals surface area contributed by atoms with Gasteiger partial charge >= 0.3 is 0 Å². The van der Waals surface area contributed by atoms with Crippen LogP contribution in [0, 0.1) is 6.92 Å². The van der Waals surface area contributed by atoms with Crippen LogP contribution in [0.5, 0.6) is 0 Å². The Hall–Kier alpha value is -0.910. The number of nitrogens with two attached hydrogens (primary N) is 1. The van der Waals surface area contributed by atoms with E-state index in [1.807, 2.05) is 13.0 Å². The fraction of sp³-hybridized carbons (Fsp3) is 0.333. The van der Waals surface area contributed by atoms with Gasteiger partial charge < -0.3 is 5.73 Å². The fourth-order valence-electron chi connectivity index (χ4n) is 1.51. The van der Waals surface area contributed by atoms with Gasteiger partial charge in [-0.05, 0) is 32.0 Å². The predicted molar refractivity (Wildman–Crippen MR) is 73.3 cm³/mol. The van der Waals surface area contributed by atoms with Gasteiger partial charge in [0, 0.05) is 22.0 Å². The first-order chi connectivity index (χ1) is 8.16. The van der Waals surface area contributed by atoms with Crippen molar-refractivity contribution >= 4 is 23.1 Å². The van der Waals surface area contributed by atoms with Gasteiger partial charge in [0.05, 0.1) is 5.25 Å². The average molecular weight is 265 g/mol. The van der Waals surface area contributed by atoms with Crippen molar-refractivity contribution in [2.75, 3.05) is 0 Å². The molecule has 0 radical (unpaired) electrons. The number of aryl methyl sites for hydroxylation is 1. The Balaban J connectivity index is 2.19. The molecule has 3 nitrogen and oxygen atoms in total. The van der Waals surface area contributed by atoms with Gasteiger partial charge in [0.25, 0.3) is 0 Å². The molecule has 0 aromatic carbocycles. The number of hydrogen-bond acceptors (Lipinski definition) is 5. The number of rotatable bonds is 4. The van der Waals surface area contributed by atoms with Gasteiger partial charge in [-0.25, -0.2) is 9.97 Å². The number of nitrogens with zero attached hydrogens (tertiary/aromatic N) is 2. The molecule has 0 fully saturated rings. The third-order valence-corrected chi connectivity index (χ3v) is 4.97. The number of thioether (sulfide) groups is 1. The van der Waals surface area contributed by atoms with Gasteiger partial charge in [0.2, 0.25) is 0 Å². The van der Waals surface area contributed by atoms with Gasteiger partial charge in [-0.15, -0.1) is 11.3 Å². The summed E-state index contributed by atoms with van der Waals surface area (Å²) in [5.41, 5.74) is 6.07. The van der Waals surface area contributed by atoms with E-state index in [1.54, 1.807) is 35.6 Å². The maximum atomic E-state index is 6.07. The second-order valence-corrected chi connectivity index (χ2v) is 6.37. The molecule has 2 heterocycles. The molecular formula is C12H15N3S2. The summed E-state index contributed by atoms with van der Waals surface area (Å²) < 4.78 is 0. The molecule has 0 saturated carbocycles. The molecule has 0 aliphatic rings. The minimum atomic E-state index is 0.0908. The first-order valence-corrected chi connectivity index (χ1v) is 7.11. The van der Waals surface area contributed by atoms with Crippen LogP contribution in [0.3, 0.4) is 0 Å². The topological polar surface area (TPSA) is 51.8 Å². The summed E-state index contributed by atoms with van der Waals surface area (Å²) in [7, 11) is 0. The molecule has 2 aromatic rings. The maximum absolute atomic E-state index is 6.07. The summed E-state index contributed by atoms with van der Waals surface area (Å²) in [5.74, 6) is 0. The standard InChI is InChI=1S/C12H15N3S2/c1-8-3-4-10(16-8)12(9(2)13)17-11-5-6-14-7-15-11/h3-7,9,12H,13H2,1-2H3. The summed E-state index contributed by atoms with van der Waals surface area (Å²) in [6.07, 6.45) is 3.33. The predicted octanol–water partition coefficient (Wildman–Crippen LogP) is 3.03. The van der Waals surface area contributed by atoms with Crippen molar-refractivity contribution in [1.82, 2.24) is 9.97 Å². The van der Waals surface area contributed by atoms with E-state index in [0.717, 1.165) is 5.03 Å². The highest BCUT2D eigenvalue weighted by Gasteiger charge is 2.19. The van der Waals surface area contributed by atoms with Crippen molar-refractivity contribution in [1.29, 1.82) is 0 Å². The van der Waals surface area contributed by atoms with E-state index in [0.29, 0.717) is 0 Å². The first-order valence-electron chi connectivity index (χ1n) is 5.41. The van der Waals surface area contributed by atoms with Crippen molar-refractivity contribution in [2.45, 2.75) is 30.2 Å². The maximum Gasteiger partial charge on any atom is 0.116 e. The lowest BCUT2D eigenvalue weighted by Crippen LogP contribution is -2.21. The molecule has 0 bridgehead atoms. The van der Waals surface area contributed by atoms with E-state index in [1.165, 1.54) is 9.75 Å². The van der Waals surface area contributed by atoms with Gasteiger partial charge in [-0.1, -0.05) is 11.8 Å². The molecule has 2 rings (SSSR count). The van der Waals surface area contributed by atoms with Gasteiger partial charge in [0.15, 0.2) is 0 Å². The minimum absolute atomic E-state index is 0.0908. The number of hydrogen-bond donors (Lipinski definition) is 1. The highest BCUT2D eigenvalue weighted by atomic mass is 32.2. The second kappa shape index (κ2) is 5.62. The highest BCUT2D eigenvalue weighted by Crippen LogP contribution is 2.38. The summed E-state index contributed by atoms with van der Waals surface area (Å²) in [6, 6.07) is 6.30. The lowest BCUT2D eigenvalue weighted by Gasteiger charge is -2.18. The summed E-state index contributed by atoms with van der Waals surface area (Å²) in [6.45, 7) is 4.15. The lowest BCUT2D eigenvalue weighted by molar-refractivity contribution is 0.728. The molecule has 5 heteroatoms. The lowest BCUT2D eigenvalue weighted by atomic mass is 10.2. The Kier molecular flexibility index (Phi) is 4.15. The molecule has 0 saturated heterocycles. The van der Waals surface area contributed by atoms with Crippen molar-refractivity contribution in [3.05, 3.63) is 40.5 Å². The molecule has 2 unspecified atom stereocenters. The Morgan fingerprint density at radius 2 is 2.18 bits per heavy atom. The number of thiophene rings is 1. The minimum Gasteiger partial charge on any atom is -0.327 e. The average Bonchev–Trinajstić information content (AvgIpc) is 2.73. The van der Waals surface area contributed by atoms with Crippen LogP contribution in [-0.4, -0.2) is 16.0 Å². The monoisotopic (exact) mass is 265 g/mol. The van der Waals surface area contributed by atoms with Crippen LogP contribution in [0.2, 0.25) is 0 Å². The quantitative estimate of drug-likeness (QED) is 0.682.